The average molecular weight is 612 g/mol. The summed E-state index contributed by atoms with van der Waals surface area (Å²) in [6, 6.07) is 63.1. The van der Waals surface area contributed by atoms with Crippen LogP contribution in [0.2, 0.25) is 0 Å². The number of hydrogen-bond acceptors (Lipinski definition) is 2. The molecular weight excluding hydrogens is 583 g/mol. The number of anilines is 3. The van der Waals surface area contributed by atoms with Gasteiger partial charge in [-0.15, -0.1) is 0 Å². The second-order valence-corrected chi connectivity index (χ2v) is 12.5. The first-order chi connectivity index (χ1) is 23.8. The van der Waals surface area contributed by atoms with Crippen molar-refractivity contribution in [3.8, 4) is 11.1 Å². The van der Waals surface area contributed by atoms with Gasteiger partial charge >= 0.3 is 0 Å². The second kappa shape index (κ2) is 10.6. The third kappa shape index (κ3) is 4.00. The molecule has 224 valence electrons. The van der Waals surface area contributed by atoms with Gasteiger partial charge in [-0.25, -0.2) is 0 Å². The fourth-order valence-corrected chi connectivity index (χ4v) is 7.71. The van der Waals surface area contributed by atoms with Crippen molar-refractivity contribution in [1.29, 1.82) is 0 Å². The zero-order chi connectivity index (χ0) is 31.6. The van der Waals surface area contributed by atoms with Gasteiger partial charge in [0.25, 0.3) is 0 Å². The molecule has 48 heavy (non-hydrogen) atoms. The number of rotatable bonds is 4. The first kappa shape index (κ1) is 26.8. The lowest BCUT2D eigenvalue weighted by molar-refractivity contribution is 0.673. The maximum absolute atomic E-state index is 7.03. The molecule has 1 aromatic heterocycles. The molecule has 0 saturated carbocycles. The summed E-state index contributed by atoms with van der Waals surface area (Å²) >= 11 is 0. The van der Waals surface area contributed by atoms with Crippen LogP contribution in [0.5, 0.6) is 0 Å². The molecule has 0 aliphatic heterocycles. The van der Waals surface area contributed by atoms with Crippen molar-refractivity contribution in [1.82, 2.24) is 0 Å². The maximum Gasteiger partial charge on any atom is 0.143 e. The standard InChI is InChI=1S/C46H29NO/c1-3-15-30(16-4-1)41-28-33(29-43-44(41)45-39-25-13-10-22-36(39)37-23-11-14-26-40(37)46(45)48-43)47(32-18-5-2-6-19-32)42-27-31-17-7-8-20-34(31)35-21-9-12-24-38(35)42/h1-29H. The van der Waals surface area contributed by atoms with Crippen molar-refractivity contribution in [3.63, 3.8) is 0 Å². The fourth-order valence-electron chi connectivity index (χ4n) is 7.71. The van der Waals surface area contributed by atoms with E-state index >= 15 is 0 Å². The van der Waals surface area contributed by atoms with Crippen LogP contribution < -0.4 is 4.90 Å². The van der Waals surface area contributed by atoms with Gasteiger partial charge in [0.05, 0.1) is 11.4 Å². The Morgan fingerprint density at radius 2 is 0.917 bits per heavy atom. The summed E-state index contributed by atoms with van der Waals surface area (Å²) in [4.78, 5) is 2.39. The summed E-state index contributed by atoms with van der Waals surface area (Å²) in [5, 5.41) is 12.0. The first-order valence-electron chi connectivity index (χ1n) is 16.4. The molecule has 10 rings (SSSR count). The van der Waals surface area contributed by atoms with E-state index in [0.29, 0.717) is 0 Å². The van der Waals surface area contributed by atoms with Gasteiger partial charge in [0.2, 0.25) is 0 Å². The second-order valence-electron chi connectivity index (χ2n) is 12.5. The summed E-state index contributed by atoms with van der Waals surface area (Å²) < 4.78 is 7.03. The highest BCUT2D eigenvalue weighted by molar-refractivity contribution is 6.32. The Morgan fingerprint density at radius 3 is 1.65 bits per heavy atom. The molecule has 0 atom stereocenters. The molecule has 0 aliphatic rings. The molecule has 0 N–H and O–H groups in total. The van der Waals surface area contributed by atoms with Gasteiger partial charge in [-0.2, -0.15) is 0 Å². The lowest BCUT2D eigenvalue weighted by Crippen LogP contribution is -2.10. The Hall–Kier alpha value is -6.38. The molecule has 0 spiro atoms. The number of para-hydroxylation sites is 1. The molecular formula is C46H29NO. The molecule has 0 amide bonds. The van der Waals surface area contributed by atoms with Gasteiger partial charge in [0.1, 0.15) is 11.2 Å². The summed E-state index contributed by atoms with van der Waals surface area (Å²) in [5.41, 5.74) is 7.35. The van der Waals surface area contributed by atoms with Crippen molar-refractivity contribution in [3.05, 3.63) is 176 Å². The normalized spacial score (nSPS) is 11.8. The Kier molecular flexibility index (Phi) is 5.91. The van der Waals surface area contributed by atoms with Crippen LogP contribution in [-0.2, 0) is 0 Å². The van der Waals surface area contributed by atoms with Crippen LogP contribution >= 0.6 is 0 Å². The van der Waals surface area contributed by atoms with E-state index in [4.69, 9.17) is 4.42 Å². The predicted octanol–water partition coefficient (Wildman–Crippen LogP) is 13.3. The van der Waals surface area contributed by atoms with Gasteiger partial charge in [-0.05, 0) is 67.7 Å². The predicted molar refractivity (Wildman–Crippen MR) is 204 cm³/mol. The third-order valence-corrected chi connectivity index (χ3v) is 9.78. The van der Waals surface area contributed by atoms with Gasteiger partial charge in [0.15, 0.2) is 0 Å². The molecule has 1 heterocycles. The molecule has 2 nitrogen and oxygen atoms in total. The Morgan fingerprint density at radius 1 is 0.375 bits per heavy atom. The minimum absolute atomic E-state index is 0.869. The van der Waals surface area contributed by atoms with E-state index in [-0.39, 0.29) is 0 Å². The van der Waals surface area contributed by atoms with Crippen molar-refractivity contribution >= 4 is 82.1 Å². The molecule has 0 aliphatic carbocycles. The van der Waals surface area contributed by atoms with Gasteiger partial charge in [-0.1, -0.05) is 146 Å². The number of furan rings is 1. The molecule has 0 unspecified atom stereocenters. The van der Waals surface area contributed by atoms with Crippen LogP contribution in [0.3, 0.4) is 0 Å². The monoisotopic (exact) mass is 611 g/mol. The summed E-state index contributed by atoms with van der Waals surface area (Å²) in [7, 11) is 0. The molecule has 2 heteroatoms. The van der Waals surface area contributed by atoms with Gasteiger partial charge in [-0.3, -0.25) is 0 Å². The smallest absolute Gasteiger partial charge is 0.143 e. The van der Waals surface area contributed by atoms with Crippen molar-refractivity contribution < 1.29 is 4.42 Å². The molecule has 0 saturated heterocycles. The highest BCUT2D eigenvalue weighted by Gasteiger charge is 2.23. The minimum Gasteiger partial charge on any atom is -0.455 e. The molecule has 0 radical (unpaired) electrons. The fraction of sp³-hybridized carbons (Fsp3) is 0. The van der Waals surface area contributed by atoms with Crippen molar-refractivity contribution in [2.24, 2.45) is 0 Å². The maximum atomic E-state index is 7.03. The Bertz CT molecular complexity index is 2830. The molecule has 9 aromatic carbocycles. The molecule has 0 fully saturated rings. The van der Waals surface area contributed by atoms with Crippen LogP contribution in [-0.4, -0.2) is 0 Å². The van der Waals surface area contributed by atoms with Gasteiger partial charge in [0, 0.05) is 33.3 Å². The topological polar surface area (TPSA) is 16.4 Å². The highest BCUT2D eigenvalue weighted by Crippen LogP contribution is 2.48. The van der Waals surface area contributed by atoms with E-state index in [1.165, 1.54) is 37.7 Å². The third-order valence-electron chi connectivity index (χ3n) is 9.78. The Labute approximate surface area is 277 Å². The van der Waals surface area contributed by atoms with Crippen molar-refractivity contribution in [2.75, 3.05) is 4.90 Å². The van der Waals surface area contributed by atoms with Crippen LogP contribution in [0.25, 0.3) is 76.2 Å². The largest absolute Gasteiger partial charge is 0.455 e. The van der Waals surface area contributed by atoms with E-state index in [1.54, 1.807) is 0 Å². The van der Waals surface area contributed by atoms with E-state index in [1.807, 2.05) is 0 Å². The van der Waals surface area contributed by atoms with Crippen LogP contribution in [0, 0.1) is 0 Å². The SMILES string of the molecule is c1ccc(-c2cc(N(c3ccccc3)c3cc4ccccc4c4ccccc34)cc3oc4c5ccccc5c5ccccc5c4c23)cc1. The molecule has 0 bridgehead atoms. The number of benzene rings is 9. The quantitative estimate of drug-likeness (QED) is 0.184. The zero-order valence-corrected chi connectivity index (χ0v) is 26.1. The van der Waals surface area contributed by atoms with E-state index < -0.39 is 0 Å². The van der Waals surface area contributed by atoms with Crippen LogP contribution in [0.4, 0.5) is 17.1 Å². The highest BCUT2D eigenvalue weighted by atomic mass is 16.3. The number of hydrogen-bond donors (Lipinski definition) is 0. The summed E-state index contributed by atoms with van der Waals surface area (Å²) in [6.07, 6.45) is 0. The first-order valence-corrected chi connectivity index (χ1v) is 16.4. The van der Waals surface area contributed by atoms with Gasteiger partial charge < -0.3 is 9.32 Å². The van der Waals surface area contributed by atoms with Crippen LogP contribution in [0.1, 0.15) is 0 Å². The number of fused-ring (bicyclic) bond motifs is 11. The van der Waals surface area contributed by atoms with E-state index in [2.05, 4.69) is 181 Å². The molecule has 10 aromatic rings. The minimum atomic E-state index is 0.869. The van der Waals surface area contributed by atoms with Crippen molar-refractivity contribution in [2.45, 2.75) is 0 Å². The zero-order valence-electron chi connectivity index (χ0n) is 26.1. The Balaban J connectivity index is 1.37. The summed E-state index contributed by atoms with van der Waals surface area (Å²) in [5.74, 6) is 0. The average Bonchev–Trinajstić information content (AvgIpc) is 3.56. The number of nitrogens with zero attached hydrogens (tertiary/aromatic N) is 1. The lowest BCUT2D eigenvalue weighted by Gasteiger charge is -2.28. The van der Waals surface area contributed by atoms with E-state index in [0.717, 1.165) is 55.5 Å². The van der Waals surface area contributed by atoms with Crippen LogP contribution in [0.15, 0.2) is 180 Å². The van der Waals surface area contributed by atoms with E-state index in [9.17, 15) is 0 Å². The summed E-state index contributed by atoms with van der Waals surface area (Å²) in [6.45, 7) is 0. The lowest BCUT2D eigenvalue weighted by atomic mass is 9.93.